The molecule has 3 rings (SSSR count). The third-order valence-corrected chi connectivity index (χ3v) is 3.20. The number of aromatic nitrogens is 1. The summed E-state index contributed by atoms with van der Waals surface area (Å²) in [5.74, 6) is 1.59. The molecular formula is C17H18N2O2. The third kappa shape index (κ3) is 3.16. The summed E-state index contributed by atoms with van der Waals surface area (Å²) in [6, 6.07) is 14.0. The number of fused-ring (bicyclic) bond motifs is 1. The minimum atomic E-state index is 0.680. The summed E-state index contributed by atoms with van der Waals surface area (Å²) in [5, 5.41) is 3.39. The van der Waals surface area contributed by atoms with Crippen LogP contribution in [0.2, 0.25) is 0 Å². The topological polar surface area (TPSA) is 47.3 Å². The van der Waals surface area contributed by atoms with Gasteiger partial charge < -0.3 is 14.5 Å². The van der Waals surface area contributed by atoms with Gasteiger partial charge in [0.25, 0.3) is 0 Å². The molecule has 1 heterocycles. The fourth-order valence-electron chi connectivity index (χ4n) is 2.27. The van der Waals surface area contributed by atoms with Crippen LogP contribution in [0.15, 0.2) is 46.9 Å². The summed E-state index contributed by atoms with van der Waals surface area (Å²) in [5.41, 5.74) is 3.90. The molecule has 0 unspecified atom stereocenters. The normalized spacial score (nSPS) is 10.8. The van der Waals surface area contributed by atoms with Crippen molar-refractivity contribution in [1.29, 1.82) is 0 Å². The van der Waals surface area contributed by atoms with Crippen molar-refractivity contribution in [2.75, 3.05) is 11.9 Å². The molecule has 108 valence electrons. The van der Waals surface area contributed by atoms with E-state index in [-0.39, 0.29) is 0 Å². The number of ether oxygens (including phenoxy) is 1. The average Bonchev–Trinajstić information content (AvgIpc) is 2.85. The second-order valence-corrected chi connectivity index (χ2v) is 4.85. The van der Waals surface area contributed by atoms with Crippen molar-refractivity contribution in [1.82, 2.24) is 4.98 Å². The van der Waals surface area contributed by atoms with E-state index in [4.69, 9.17) is 9.15 Å². The molecule has 2 aromatic carbocycles. The molecule has 0 atom stereocenters. The van der Waals surface area contributed by atoms with Gasteiger partial charge in [-0.05, 0) is 42.8 Å². The highest BCUT2D eigenvalue weighted by Gasteiger charge is 2.03. The first-order valence-electron chi connectivity index (χ1n) is 7.07. The fraction of sp³-hybridized carbons (Fsp3) is 0.235. The molecule has 0 aliphatic carbocycles. The Morgan fingerprint density at radius 3 is 2.95 bits per heavy atom. The van der Waals surface area contributed by atoms with Gasteiger partial charge >= 0.3 is 0 Å². The van der Waals surface area contributed by atoms with E-state index in [9.17, 15) is 0 Å². The predicted molar refractivity (Wildman–Crippen MR) is 83.7 cm³/mol. The van der Waals surface area contributed by atoms with E-state index >= 15 is 0 Å². The molecule has 0 saturated carbocycles. The molecule has 4 nitrogen and oxygen atoms in total. The lowest BCUT2D eigenvalue weighted by Gasteiger charge is -2.08. The Hall–Kier alpha value is -2.49. The Kier molecular flexibility index (Phi) is 3.77. The van der Waals surface area contributed by atoms with Crippen LogP contribution in [0.3, 0.4) is 0 Å². The fourth-order valence-corrected chi connectivity index (χ4v) is 2.27. The maximum atomic E-state index is 5.51. The zero-order valence-corrected chi connectivity index (χ0v) is 12.2. The van der Waals surface area contributed by atoms with E-state index in [1.54, 1.807) is 0 Å². The van der Waals surface area contributed by atoms with Crippen molar-refractivity contribution in [2.24, 2.45) is 0 Å². The second kappa shape index (κ2) is 5.87. The van der Waals surface area contributed by atoms with Gasteiger partial charge in [0.1, 0.15) is 11.3 Å². The van der Waals surface area contributed by atoms with Crippen molar-refractivity contribution in [2.45, 2.75) is 20.4 Å². The van der Waals surface area contributed by atoms with E-state index < -0.39 is 0 Å². The Labute approximate surface area is 123 Å². The zero-order chi connectivity index (χ0) is 14.7. The molecular weight excluding hydrogens is 264 g/mol. The van der Waals surface area contributed by atoms with Crippen LogP contribution in [0, 0.1) is 6.92 Å². The maximum absolute atomic E-state index is 5.51. The lowest BCUT2D eigenvalue weighted by molar-refractivity contribution is 0.340. The molecule has 0 aliphatic rings. The zero-order valence-electron chi connectivity index (χ0n) is 12.2. The van der Waals surface area contributed by atoms with Crippen molar-refractivity contribution in [3.63, 3.8) is 0 Å². The van der Waals surface area contributed by atoms with Crippen LogP contribution in [0.1, 0.15) is 18.4 Å². The summed E-state index contributed by atoms with van der Waals surface area (Å²) in [6.07, 6.45) is 0. The first-order valence-corrected chi connectivity index (χ1v) is 7.07. The van der Waals surface area contributed by atoms with Gasteiger partial charge in [-0.15, -0.1) is 0 Å². The molecule has 21 heavy (non-hydrogen) atoms. The van der Waals surface area contributed by atoms with E-state index in [0.29, 0.717) is 12.5 Å². The minimum Gasteiger partial charge on any atom is -0.494 e. The number of rotatable bonds is 5. The number of hydrogen-bond donors (Lipinski definition) is 1. The van der Waals surface area contributed by atoms with Crippen LogP contribution in [-0.4, -0.2) is 11.6 Å². The molecule has 3 aromatic rings. The molecule has 4 heteroatoms. The van der Waals surface area contributed by atoms with Gasteiger partial charge in [0.2, 0.25) is 0 Å². The molecule has 0 saturated heterocycles. The number of anilines is 1. The molecule has 0 spiro atoms. The Bertz CT molecular complexity index is 749. The first kappa shape index (κ1) is 13.5. The number of oxazole rings is 1. The van der Waals surface area contributed by atoms with E-state index in [1.807, 2.05) is 44.2 Å². The summed E-state index contributed by atoms with van der Waals surface area (Å²) in [4.78, 5) is 4.34. The van der Waals surface area contributed by atoms with Crippen LogP contribution in [0.4, 0.5) is 5.69 Å². The quantitative estimate of drug-likeness (QED) is 0.763. The second-order valence-electron chi connectivity index (χ2n) is 4.85. The molecule has 0 aliphatic heterocycles. The minimum absolute atomic E-state index is 0.680. The van der Waals surface area contributed by atoms with Crippen molar-refractivity contribution in [3.05, 3.63) is 53.9 Å². The van der Waals surface area contributed by atoms with Crippen molar-refractivity contribution < 1.29 is 9.15 Å². The van der Waals surface area contributed by atoms with Gasteiger partial charge in [-0.25, -0.2) is 4.98 Å². The average molecular weight is 282 g/mol. The smallest absolute Gasteiger partial charge is 0.192 e. The van der Waals surface area contributed by atoms with Crippen LogP contribution in [0.25, 0.3) is 11.1 Å². The van der Waals surface area contributed by atoms with Crippen molar-refractivity contribution in [3.8, 4) is 5.75 Å². The largest absolute Gasteiger partial charge is 0.494 e. The highest BCUT2D eigenvalue weighted by Crippen LogP contribution is 2.21. The standard InChI is InChI=1S/C17H18N2O2/c1-3-20-15-6-4-5-13(9-15)11-18-14-7-8-17-16(10-14)19-12(2)21-17/h4-10,18H,3,11H2,1-2H3. The number of aryl methyl sites for hydroxylation is 1. The van der Waals surface area contributed by atoms with Crippen LogP contribution in [0.5, 0.6) is 5.75 Å². The number of hydrogen-bond acceptors (Lipinski definition) is 4. The molecule has 0 bridgehead atoms. The third-order valence-electron chi connectivity index (χ3n) is 3.20. The lowest BCUT2D eigenvalue weighted by atomic mass is 10.2. The van der Waals surface area contributed by atoms with Crippen LogP contribution < -0.4 is 10.1 Å². The number of nitrogens with zero attached hydrogens (tertiary/aromatic N) is 1. The van der Waals surface area contributed by atoms with E-state index in [0.717, 1.165) is 29.1 Å². The Balaban J connectivity index is 1.72. The molecule has 1 aromatic heterocycles. The monoisotopic (exact) mass is 282 g/mol. The molecule has 0 radical (unpaired) electrons. The number of nitrogens with one attached hydrogen (secondary N) is 1. The molecule has 0 fully saturated rings. The maximum Gasteiger partial charge on any atom is 0.192 e. The number of benzene rings is 2. The van der Waals surface area contributed by atoms with Gasteiger partial charge in [0.15, 0.2) is 11.5 Å². The summed E-state index contributed by atoms with van der Waals surface area (Å²) in [7, 11) is 0. The Morgan fingerprint density at radius 1 is 1.19 bits per heavy atom. The van der Waals surface area contributed by atoms with Gasteiger partial charge in [-0.3, -0.25) is 0 Å². The van der Waals surface area contributed by atoms with E-state index in [1.165, 1.54) is 5.56 Å². The molecule has 1 N–H and O–H groups in total. The predicted octanol–water partition coefficient (Wildman–Crippen LogP) is 4.15. The van der Waals surface area contributed by atoms with Crippen molar-refractivity contribution >= 4 is 16.8 Å². The summed E-state index contributed by atoms with van der Waals surface area (Å²) >= 11 is 0. The van der Waals surface area contributed by atoms with Gasteiger partial charge in [0.05, 0.1) is 6.61 Å². The highest BCUT2D eigenvalue weighted by atomic mass is 16.5. The molecule has 0 amide bonds. The van der Waals surface area contributed by atoms with Gasteiger partial charge in [0, 0.05) is 19.2 Å². The highest BCUT2D eigenvalue weighted by molar-refractivity contribution is 5.77. The SMILES string of the molecule is CCOc1cccc(CNc2ccc3oc(C)nc3c2)c1. The summed E-state index contributed by atoms with van der Waals surface area (Å²) < 4.78 is 11.0. The van der Waals surface area contributed by atoms with Crippen LogP contribution in [-0.2, 0) is 6.54 Å². The lowest BCUT2D eigenvalue weighted by Crippen LogP contribution is -2.00. The van der Waals surface area contributed by atoms with E-state index in [2.05, 4.69) is 22.4 Å². The van der Waals surface area contributed by atoms with Gasteiger partial charge in [-0.1, -0.05) is 12.1 Å². The van der Waals surface area contributed by atoms with Gasteiger partial charge in [-0.2, -0.15) is 0 Å². The van der Waals surface area contributed by atoms with Crippen LogP contribution >= 0.6 is 0 Å². The Morgan fingerprint density at radius 2 is 2.10 bits per heavy atom. The summed E-state index contributed by atoms with van der Waals surface area (Å²) in [6.45, 7) is 5.26. The first-order chi connectivity index (χ1) is 10.2.